The summed E-state index contributed by atoms with van der Waals surface area (Å²) in [5.41, 5.74) is 1.49. The number of benzene rings is 2. The average Bonchev–Trinajstić information content (AvgIpc) is 2.79. The van der Waals surface area contributed by atoms with Crippen LogP contribution in [0, 0.1) is 0 Å². The van der Waals surface area contributed by atoms with E-state index in [1.54, 1.807) is 23.1 Å². The molecular weight excluding hydrogens is 414 g/mol. The van der Waals surface area contributed by atoms with Crippen LogP contribution in [0.15, 0.2) is 59.5 Å². The lowest BCUT2D eigenvalue weighted by Crippen LogP contribution is -2.49. The molecule has 2 saturated heterocycles. The van der Waals surface area contributed by atoms with E-state index in [0.29, 0.717) is 44.8 Å². The Morgan fingerprint density at radius 1 is 0.903 bits per heavy atom. The first-order valence-corrected chi connectivity index (χ1v) is 12.1. The fraction of sp³-hybridized carbons (Fsp3) is 0.435. The number of ether oxygens (including phenoxy) is 1. The van der Waals surface area contributed by atoms with Crippen molar-refractivity contribution in [3.63, 3.8) is 0 Å². The number of amides is 1. The maximum Gasteiger partial charge on any atom is 0.254 e. The predicted molar refractivity (Wildman–Crippen MR) is 120 cm³/mol. The summed E-state index contributed by atoms with van der Waals surface area (Å²) in [5.74, 6) is -0.159. The van der Waals surface area contributed by atoms with Crippen LogP contribution in [0.5, 0.6) is 0 Å². The van der Waals surface area contributed by atoms with Crippen molar-refractivity contribution in [1.82, 2.24) is 9.21 Å². The molecule has 31 heavy (non-hydrogen) atoms. The number of anilines is 1. The Balaban J connectivity index is 1.47. The first kappa shape index (κ1) is 21.8. The van der Waals surface area contributed by atoms with Crippen molar-refractivity contribution >= 4 is 21.6 Å². The van der Waals surface area contributed by atoms with Gasteiger partial charge in [0, 0.05) is 50.5 Å². The SMILES string of the molecule is C[C@@H]1CN(C(=O)c2cccc(S(=O)(=O)N3CCN(c4ccccc4)CC3)c2)C[C@H](C)O1. The van der Waals surface area contributed by atoms with Gasteiger partial charge in [0.25, 0.3) is 5.91 Å². The molecule has 0 unspecified atom stereocenters. The summed E-state index contributed by atoms with van der Waals surface area (Å²) in [6, 6.07) is 16.4. The molecule has 0 saturated carbocycles. The number of sulfonamides is 1. The second-order valence-electron chi connectivity index (χ2n) is 8.22. The molecule has 7 nitrogen and oxygen atoms in total. The summed E-state index contributed by atoms with van der Waals surface area (Å²) in [7, 11) is -3.66. The van der Waals surface area contributed by atoms with E-state index in [-0.39, 0.29) is 23.0 Å². The highest BCUT2D eigenvalue weighted by molar-refractivity contribution is 7.89. The minimum atomic E-state index is -3.66. The van der Waals surface area contributed by atoms with E-state index < -0.39 is 10.0 Å². The Labute approximate surface area is 184 Å². The van der Waals surface area contributed by atoms with Crippen molar-refractivity contribution in [3.8, 4) is 0 Å². The average molecular weight is 444 g/mol. The maximum absolute atomic E-state index is 13.2. The monoisotopic (exact) mass is 443 g/mol. The summed E-state index contributed by atoms with van der Waals surface area (Å²) in [6.45, 7) is 6.96. The number of rotatable bonds is 4. The Morgan fingerprint density at radius 3 is 2.19 bits per heavy atom. The van der Waals surface area contributed by atoms with Crippen LogP contribution in [0.3, 0.4) is 0 Å². The van der Waals surface area contributed by atoms with Crippen LogP contribution in [0.4, 0.5) is 5.69 Å². The third-order valence-corrected chi connectivity index (χ3v) is 7.68. The molecule has 1 amide bonds. The first-order valence-electron chi connectivity index (χ1n) is 10.7. The van der Waals surface area contributed by atoms with Crippen LogP contribution in [0.1, 0.15) is 24.2 Å². The van der Waals surface area contributed by atoms with Gasteiger partial charge in [-0.05, 0) is 44.2 Å². The highest BCUT2D eigenvalue weighted by atomic mass is 32.2. The number of para-hydroxylation sites is 1. The molecule has 0 N–H and O–H groups in total. The molecule has 2 aromatic rings. The van der Waals surface area contributed by atoms with Crippen molar-refractivity contribution in [2.24, 2.45) is 0 Å². The van der Waals surface area contributed by atoms with Crippen LogP contribution >= 0.6 is 0 Å². The molecule has 2 heterocycles. The van der Waals surface area contributed by atoms with E-state index in [0.717, 1.165) is 5.69 Å². The lowest BCUT2D eigenvalue weighted by Gasteiger charge is -2.36. The highest BCUT2D eigenvalue weighted by Crippen LogP contribution is 2.23. The minimum absolute atomic E-state index is 0.0412. The molecule has 2 aromatic carbocycles. The van der Waals surface area contributed by atoms with E-state index in [2.05, 4.69) is 4.90 Å². The summed E-state index contributed by atoms with van der Waals surface area (Å²) in [6.07, 6.45) is -0.0824. The number of hydrogen-bond acceptors (Lipinski definition) is 5. The summed E-state index contributed by atoms with van der Waals surface area (Å²) in [4.78, 5) is 17.1. The molecule has 166 valence electrons. The molecular formula is C23H29N3O4S. The lowest BCUT2D eigenvalue weighted by atomic mass is 10.1. The fourth-order valence-corrected chi connectivity index (χ4v) is 5.76. The molecule has 0 aromatic heterocycles. The third-order valence-electron chi connectivity index (χ3n) is 5.79. The van der Waals surface area contributed by atoms with E-state index >= 15 is 0 Å². The van der Waals surface area contributed by atoms with Crippen LogP contribution in [-0.2, 0) is 14.8 Å². The van der Waals surface area contributed by atoms with Gasteiger partial charge < -0.3 is 14.5 Å². The smallest absolute Gasteiger partial charge is 0.254 e. The van der Waals surface area contributed by atoms with Crippen molar-refractivity contribution in [2.75, 3.05) is 44.2 Å². The summed E-state index contributed by atoms with van der Waals surface area (Å²) >= 11 is 0. The zero-order valence-corrected chi connectivity index (χ0v) is 18.8. The standard InChI is InChI=1S/C23H29N3O4S/c1-18-16-25(17-19(2)30-18)23(27)20-7-6-10-22(15-20)31(28,29)26-13-11-24(12-14-26)21-8-4-3-5-9-21/h3-10,15,18-19H,11-14,16-17H2,1-2H3/t18-,19+. The minimum Gasteiger partial charge on any atom is -0.372 e. The molecule has 0 aliphatic carbocycles. The van der Waals surface area contributed by atoms with Crippen molar-refractivity contribution in [3.05, 3.63) is 60.2 Å². The van der Waals surface area contributed by atoms with E-state index in [1.807, 2.05) is 44.2 Å². The molecule has 2 aliphatic heterocycles. The number of hydrogen-bond donors (Lipinski definition) is 0. The summed E-state index contributed by atoms with van der Waals surface area (Å²) < 4.78 is 33.7. The normalized spacial score (nSPS) is 23.0. The topological polar surface area (TPSA) is 70.2 Å². The molecule has 2 aliphatic rings. The number of nitrogens with zero attached hydrogens (tertiary/aromatic N) is 3. The third kappa shape index (κ3) is 4.76. The largest absolute Gasteiger partial charge is 0.372 e. The molecule has 2 fully saturated rings. The molecule has 8 heteroatoms. The van der Waals surface area contributed by atoms with Crippen LogP contribution in [-0.4, -0.2) is 75.0 Å². The zero-order valence-electron chi connectivity index (χ0n) is 18.0. The highest BCUT2D eigenvalue weighted by Gasteiger charge is 2.31. The van der Waals surface area contributed by atoms with Gasteiger partial charge in [0.05, 0.1) is 17.1 Å². The van der Waals surface area contributed by atoms with Gasteiger partial charge in [-0.15, -0.1) is 0 Å². The van der Waals surface area contributed by atoms with Crippen LogP contribution in [0.25, 0.3) is 0 Å². The lowest BCUT2D eigenvalue weighted by molar-refractivity contribution is -0.0586. The molecule has 4 rings (SSSR count). The Morgan fingerprint density at radius 2 is 1.55 bits per heavy atom. The zero-order chi connectivity index (χ0) is 22.0. The molecule has 0 bridgehead atoms. The Bertz CT molecular complexity index is 1010. The van der Waals surface area contributed by atoms with Gasteiger partial charge in [-0.3, -0.25) is 4.79 Å². The number of carbonyl (C=O) groups is 1. The Hall–Kier alpha value is -2.42. The van der Waals surface area contributed by atoms with Crippen LogP contribution < -0.4 is 4.90 Å². The first-order chi connectivity index (χ1) is 14.8. The van der Waals surface area contributed by atoms with Gasteiger partial charge in [-0.2, -0.15) is 4.31 Å². The predicted octanol–water partition coefficient (Wildman–Crippen LogP) is 2.45. The van der Waals surface area contributed by atoms with Gasteiger partial charge in [0.1, 0.15) is 0 Å². The molecule has 2 atom stereocenters. The number of morpholine rings is 1. The Kier molecular flexibility index (Phi) is 6.31. The quantitative estimate of drug-likeness (QED) is 0.726. The maximum atomic E-state index is 13.2. The van der Waals surface area contributed by atoms with Gasteiger partial charge in [0.2, 0.25) is 10.0 Å². The van der Waals surface area contributed by atoms with Gasteiger partial charge in [0.15, 0.2) is 0 Å². The molecule has 0 radical (unpaired) electrons. The van der Waals surface area contributed by atoms with Gasteiger partial charge >= 0.3 is 0 Å². The van der Waals surface area contributed by atoms with Gasteiger partial charge in [-0.1, -0.05) is 24.3 Å². The van der Waals surface area contributed by atoms with E-state index in [1.165, 1.54) is 10.4 Å². The van der Waals surface area contributed by atoms with Gasteiger partial charge in [-0.25, -0.2) is 8.42 Å². The van der Waals surface area contributed by atoms with Crippen molar-refractivity contribution in [1.29, 1.82) is 0 Å². The number of carbonyl (C=O) groups excluding carboxylic acids is 1. The second-order valence-corrected chi connectivity index (χ2v) is 10.2. The summed E-state index contributed by atoms with van der Waals surface area (Å²) in [5, 5.41) is 0. The molecule has 0 spiro atoms. The van der Waals surface area contributed by atoms with Crippen molar-refractivity contribution in [2.45, 2.75) is 31.0 Å². The fourth-order valence-electron chi connectivity index (χ4n) is 4.29. The van der Waals surface area contributed by atoms with Crippen LogP contribution in [0.2, 0.25) is 0 Å². The van der Waals surface area contributed by atoms with Crippen molar-refractivity contribution < 1.29 is 17.9 Å². The van der Waals surface area contributed by atoms with E-state index in [4.69, 9.17) is 4.74 Å². The van der Waals surface area contributed by atoms with E-state index in [9.17, 15) is 13.2 Å². The number of piperazine rings is 1. The second kappa shape index (κ2) is 8.98.